The zero-order valence-electron chi connectivity index (χ0n) is 26.2. The number of fused-ring (bicyclic) bond motifs is 1. The van der Waals surface area contributed by atoms with Crippen molar-refractivity contribution >= 4 is 47.3 Å². The summed E-state index contributed by atoms with van der Waals surface area (Å²) in [5.74, 6) is 7.85. The van der Waals surface area contributed by atoms with Gasteiger partial charge in [-0.3, -0.25) is 4.79 Å². The molecule has 46 heavy (non-hydrogen) atoms. The van der Waals surface area contributed by atoms with E-state index >= 15 is 0 Å². The van der Waals surface area contributed by atoms with Crippen molar-refractivity contribution in [1.82, 2.24) is 21.3 Å². The van der Waals surface area contributed by atoms with Gasteiger partial charge in [0.1, 0.15) is 47.5 Å². The number of amides is 1. The van der Waals surface area contributed by atoms with Gasteiger partial charge in [-0.05, 0) is 55.4 Å². The predicted octanol–water partition coefficient (Wildman–Crippen LogP) is 3.68. The fourth-order valence-corrected chi connectivity index (χ4v) is 6.62. The molecule has 3 aliphatic rings. The first-order valence-electron chi connectivity index (χ1n) is 15.9. The lowest BCUT2D eigenvalue weighted by Crippen LogP contribution is -2.49. The highest BCUT2D eigenvalue weighted by Crippen LogP contribution is 2.31. The zero-order valence-corrected chi connectivity index (χ0v) is 27.0. The first-order valence-corrected chi connectivity index (χ1v) is 16.3. The summed E-state index contributed by atoms with van der Waals surface area (Å²) in [7, 11) is 0. The molecule has 11 heteroatoms. The van der Waals surface area contributed by atoms with Gasteiger partial charge in [-0.2, -0.15) is 0 Å². The van der Waals surface area contributed by atoms with Crippen molar-refractivity contribution in [2.45, 2.75) is 83.3 Å². The Morgan fingerprint density at radius 3 is 2.46 bits per heavy atom. The Hall–Kier alpha value is -4.28. The summed E-state index contributed by atoms with van der Waals surface area (Å²) < 4.78 is 5.76. The van der Waals surface area contributed by atoms with E-state index in [9.17, 15) is 24.0 Å². The van der Waals surface area contributed by atoms with E-state index in [1.807, 2.05) is 31.7 Å². The van der Waals surface area contributed by atoms with E-state index in [1.165, 1.54) is 6.08 Å². The van der Waals surface area contributed by atoms with E-state index in [2.05, 4.69) is 21.3 Å². The molecule has 2 heterocycles. The molecule has 0 radical (unpaired) electrons. The summed E-state index contributed by atoms with van der Waals surface area (Å²) in [6.07, 6.45) is 9.83. The van der Waals surface area contributed by atoms with Crippen LogP contribution in [0.4, 0.5) is 0 Å². The molecule has 1 aliphatic carbocycles. The van der Waals surface area contributed by atoms with Gasteiger partial charge in [0.2, 0.25) is 0 Å². The largest absolute Gasteiger partial charge is 0.488 e. The van der Waals surface area contributed by atoms with Gasteiger partial charge in [0, 0.05) is 29.1 Å². The summed E-state index contributed by atoms with van der Waals surface area (Å²) >= 11 is 6.14. The Morgan fingerprint density at radius 1 is 1.02 bits per heavy atom. The third-order valence-electron chi connectivity index (χ3n) is 8.91. The molecule has 3 unspecified atom stereocenters. The zero-order chi connectivity index (χ0) is 33.1. The summed E-state index contributed by atoms with van der Waals surface area (Å²) in [5, 5.41) is 12.9. The van der Waals surface area contributed by atoms with Gasteiger partial charge >= 0.3 is 0 Å². The Labute approximate surface area is 274 Å². The van der Waals surface area contributed by atoms with Crippen molar-refractivity contribution in [2.24, 2.45) is 17.8 Å². The Morgan fingerprint density at radius 2 is 1.78 bits per heavy atom. The number of carbonyl (C=O) groups is 1. The third-order valence-corrected chi connectivity index (χ3v) is 9.14. The summed E-state index contributed by atoms with van der Waals surface area (Å²) in [6, 6.07) is 3.12. The van der Waals surface area contributed by atoms with Crippen molar-refractivity contribution in [3.8, 4) is 5.75 Å². The van der Waals surface area contributed by atoms with E-state index in [4.69, 9.17) is 16.3 Å². The van der Waals surface area contributed by atoms with E-state index in [0.29, 0.717) is 53.4 Å². The first kappa shape index (κ1) is 34.6. The molecule has 1 saturated heterocycles. The van der Waals surface area contributed by atoms with E-state index in [1.54, 1.807) is 30.2 Å². The van der Waals surface area contributed by atoms with Crippen LogP contribution >= 0.6 is 11.6 Å². The van der Waals surface area contributed by atoms with Gasteiger partial charge in [-0.25, -0.2) is 19.2 Å². The fraction of sp³-hybridized carbons (Fsp3) is 0.514. The molecule has 1 aromatic carbocycles. The van der Waals surface area contributed by atoms with Crippen LogP contribution in [0.2, 0.25) is 5.02 Å². The maximum Gasteiger partial charge on any atom is 0.251 e. The van der Waals surface area contributed by atoms with E-state index in [0.717, 1.165) is 32.1 Å². The van der Waals surface area contributed by atoms with Gasteiger partial charge in [-0.1, -0.05) is 57.6 Å². The minimum absolute atomic E-state index is 0.0499. The monoisotopic (exact) mass is 648 g/mol. The van der Waals surface area contributed by atoms with Crippen LogP contribution in [0.3, 0.4) is 0 Å². The Bertz CT molecular complexity index is 1510. The average Bonchev–Trinajstić information content (AvgIpc) is 3.51. The summed E-state index contributed by atoms with van der Waals surface area (Å²) in [4.78, 5) is 61.3. The maximum absolute atomic E-state index is 13.4. The molecule has 0 spiro atoms. The van der Waals surface area contributed by atoms with E-state index < -0.39 is 24.0 Å². The number of allylic oxidation sites excluding steroid dienone is 1. The van der Waals surface area contributed by atoms with Crippen LogP contribution in [-0.4, -0.2) is 60.9 Å². The lowest BCUT2D eigenvalue weighted by molar-refractivity contribution is -0.118. The number of hydrogen-bond donors (Lipinski definition) is 4. The number of halogens is 1. The van der Waals surface area contributed by atoms with Crippen molar-refractivity contribution in [2.75, 3.05) is 13.2 Å². The Balaban J connectivity index is 1.56. The number of ether oxygens (including phenoxy) is 1. The minimum Gasteiger partial charge on any atom is -0.488 e. The van der Waals surface area contributed by atoms with Crippen LogP contribution in [0.15, 0.2) is 46.9 Å². The standard InChI is InChI=1S/C35H41ClN4O6/c1-22(2)34(40-35(45)26-15-25-16-27(36)8-9-33(25)46-21-26)32(20-44)39-29(14-23-6-4-3-5-7-23)31(19-43)38-28(11-13-41)17-24-10-12-37-30(24)18-42/h8-9,11,15-16,22-24,28-29,34,37-39H,3-7,10,12,14,17,21H2,1-2H3,(H,40,45)/t24-,28?,29?,34?/m0/s1. The molecule has 4 atom stereocenters. The van der Waals surface area contributed by atoms with Gasteiger partial charge in [0.05, 0.1) is 29.4 Å². The van der Waals surface area contributed by atoms with Crippen LogP contribution in [0.1, 0.15) is 70.8 Å². The highest BCUT2D eigenvalue weighted by atomic mass is 35.5. The van der Waals surface area contributed by atoms with Crippen LogP contribution in [0.5, 0.6) is 5.75 Å². The number of nitrogens with one attached hydrogen (secondary N) is 4. The molecule has 2 aliphatic heterocycles. The lowest BCUT2D eigenvalue weighted by atomic mass is 9.84. The number of benzene rings is 1. The van der Waals surface area contributed by atoms with Crippen LogP contribution < -0.4 is 26.0 Å². The molecule has 0 bridgehead atoms. The first-order chi connectivity index (χ1) is 22.3. The average molecular weight is 649 g/mol. The predicted molar refractivity (Wildman–Crippen MR) is 175 cm³/mol. The van der Waals surface area contributed by atoms with Gasteiger partial charge in [0.25, 0.3) is 5.91 Å². The molecule has 4 rings (SSSR count). The van der Waals surface area contributed by atoms with Crippen LogP contribution in [-0.2, 0) is 24.0 Å². The lowest BCUT2D eigenvalue weighted by Gasteiger charge is -2.32. The molecule has 2 fully saturated rings. The third kappa shape index (κ3) is 9.14. The molecule has 1 saturated carbocycles. The van der Waals surface area contributed by atoms with Crippen LogP contribution in [0.25, 0.3) is 6.08 Å². The fourth-order valence-electron chi connectivity index (χ4n) is 6.44. The highest BCUT2D eigenvalue weighted by Gasteiger charge is 2.31. The molecular weight excluding hydrogens is 608 g/mol. The SMILES string of the molecule is CC(C)C(NC(=O)C1=Cc2cc(Cl)ccc2OC1)C(=C=O)NC(CC1CCCCC1)C(=C=O)NC(C=C=O)C[C@@H]1CCNC1=C=O. The number of hydrogen-bond acceptors (Lipinski definition) is 9. The second-order valence-corrected chi connectivity index (χ2v) is 12.9. The molecule has 1 amide bonds. The topological polar surface area (TPSA) is 143 Å². The van der Waals surface area contributed by atoms with E-state index in [-0.39, 0.29) is 35.8 Å². The normalized spacial score (nSPS) is 19.3. The molecule has 10 nitrogen and oxygen atoms in total. The van der Waals surface area contributed by atoms with Crippen molar-refractivity contribution in [1.29, 1.82) is 0 Å². The number of rotatable bonds is 14. The highest BCUT2D eigenvalue weighted by molar-refractivity contribution is 6.30. The van der Waals surface area contributed by atoms with Crippen molar-refractivity contribution in [3.05, 3.63) is 57.5 Å². The minimum atomic E-state index is -0.760. The van der Waals surface area contributed by atoms with Crippen molar-refractivity contribution in [3.63, 3.8) is 0 Å². The molecule has 0 aromatic heterocycles. The van der Waals surface area contributed by atoms with Crippen molar-refractivity contribution < 1.29 is 28.7 Å². The quantitative estimate of drug-likeness (QED) is 0.222. The molecule has 1 aromatic rings. The second-order valence-electron chi connectivity index (χ2n) is 12.5. The summed E-state index contributed by atoms with van der Waals surface area (Å²) in [6.45, 7) is 4.41. The summed E-state index contributed by atoms with van der Waals surface area (Å²) in [5.41, 5.74) is 1.72. The smallest absolute Gasteiger partial charge is 0.251 e. The number of carbonyl (C=O) groups excluding carboxylic acids is 5. The maximum atomic E-state index is 13.4. The van der Waals surface area contributed by atoms with Gasteiger partial charge in [-0.15, -0.1) is 0 Å². The molecule has 244 valence electrons. The molecular formula is C35H41ClN4O6. The Kier molecular flexibility index (Phi) is 12.7. The molecule has 4 N–H and O–H groups in total. The van der Waals surface area contributed by atoms with Gasteiger partial charge in [0.15, 0.2) is 0 Å². The van der Waals surface area contributed by atoms with Crippen LogP contribution in [0, 0.1) is 17.8 Å². The van der Waals surface area contributed by atoms with Gasteiger partial charge < -0.3 is 26.0 Å². The second kappa shape index (κ2) is 16.9.